The highest BCUT2D eigenvalue weighted by Crippen LogP contribution is 2.16. The second-order valence-electron chi connectivity index (χ2n) is 5.46. The van der Waals surface area contributed by atoms with E-state index >= 15 is 0 Å². The molecule has 0 saturated heterocycles. The van der Waals surface area contributed by atoms with E-state index in [0.29, 0.717) is 11.5 Å². The lowest BCUT2D eigenvalue weighted by molar-refractivity contribution is 0.520. The molecule has 2 aromatic rings. The predicted molar refractivity (Wildman–Crippen MR) is 94.2 cm³/mol. The zero-order valence-corrected chi connectivity index (χ0v) is 14.9. The number of sulfonamides is 1. The van der Waals surface area contributed by atoms with Gasteiger partial charge < -0.3 is 0 Å². The van der Waals surface area contributed by atoms with E-state index < -0.39 is 20.8 Å². The minimum atomic E-state index is -3.46. The normalized spacial score (nSPS) is 13.2. The minimum Gasteiger partial charge on any atom is -0.259 e. The molecule has 0 spiro atoms. The van der Waals surface area contributed by atoms with Crippen LogP contribution in [0.3, 0.4) is 0 Å². The van der Waals surface area contributed by atoms with Crippen LogP contribution < -0.4 is 0 Å². The number of aryl methyl sites for hydroxylation is 1. The summed E-state index contributed by atoms with van der Waals surface area (Å²) in [6.07, 6.45) is 0.753. The Morgan fingerprint density at radius 1 is 0.957 bits per heavy atom. The average molecular weight is 351 g/mol. The van der Waals surface area contributed by atoms with Crippen molar-refractivity contribution in [2.75, 3.05) is 19.8 Å². The summed E-state index contributed by atoms with van der Waals surface area (Å²) in [7, 11) is -1.48. The number of rotatable bonds is 7. The average Bonchev–Trinajstić information content (AvgIpc) is 2.54. The Morgan fingerprint density at radius 2 is 1.61 bits per heavy atom. The van der Waals surface area contributed by atoms with Gasteiger partial charge in [-0.2, -0.15) is 0 Å². The quantitative estimate of drug-likeness (QED) is 0.770. The molecule has 0 aromatic heterocycles. The molecule has 0 bridgehead atoms. The summed E-state index contributed by atoms with van der Waals surface area (Å²) < 4.78 is 37.7. The molecule has 0 fully saturated rings. The molecule has 0 heterocycles. The maximum atomic E-state index is 12.2. The van der Waals surface area contributed by atoms with Gasteiger partial charge in [0, 0.05) is 36.4 Å². The fourth-order valence-corrected chi connectivity index (χ4v) is 4.27. The largest absolute Gasteiger partial charge is 0.259 e. The Labute approximate surface area is 140 Å². The Morgan fingerprint density at radius 3 is 2.26 bits per heavy atom. The van der Waals surface area contributed by atoms with E-state index in [1.165, 1.54) is 18.4 Å². The molecule has 0 aliphatic heterocycles. The van der Waals surface area contributed by atoms with E-state index in [1.54, 1.807) is 18.2 Å². The molecule has 0 aliphatic rings. The lowest BCUT2D eigenvalue weighted by atomic mass is 10.2. The Hall–Kier alpha value is -1.50. The van der Waals surface area contributed by atoms with Gasteiger partial charge in [0.1, 0.15) is 0 Å². The highest BCUT2D eigenvalue weighted by atomic mass is 32.2. The van der Waals surface area contributed by atoms with Crippen molar-refractivity contribution in [1.29, 1.82) is 0 Å². The highest BCUT2D eigenvalue weighted by molar-refractivity contribution is 7.89. The van der Waals surface area contributed by atoms with E-state index in [9.17, 15) is 12.6 Å². The number of nitrogens with zero attached hydrogens (tertiary/aromatic N) is 1. The number of hydrogen-bond acceptors (Lipinski definition) is 3. The second-order valence-corrected chi connectivity index (χ2v) is 9.19. The molecule has 0 amide bonds. The maximum absolute atomic E-state index is 12.2. The van der Waals surface area contributed by atoms with Gasteiger partial charge in [-0.1, -0.05) is 42.5 Å². The van der Waals surface area contributed by atoms with Crippen LogP contribution in [-0.2, 0) is 33.0 Å². The van der Waals surface area contributed by atoms with Crippen LogP contribution in [0.5, 0.6) is 0 Å². The number of benzene rings is 2. The molecule has 23 heavy (non-hydrogen) atoms. The first kappa shape index (κ1) is 17.8. The SMILES string of the molecule is CN(C)S(=O)(=O)c1cccc(CS(=O)CCc2ccccc2)c1. The summed E-state index contributed by atoms with van der Waals surface area (Å²) in [5.41, 5.74) is 1.93. The molecule has 4 nitrogen and oxygen atoms in total. The smallest absolute Gasteiger partial charge is 0.242 e. The molecular weight excluding hydrogens is 330 g/mol. The lowest BCUT2D eigenvalue weighted by Crippen LogP contribution is -2.22. The first-order chi connectivity index (χ1) is 10.9. The first-order valence-electron chi connectivity index (χ1n) is 7.30. The minimum absolute atomic E-state index is 0.236. The molecule has 0 aliphatic carbocycles. The van der Waals surface area contributed by atoms with Gasteiger partial charge in [-0.25, -0.2) is 12.7 Å². The van der Waals surface area contributed by atoms with Gasteiger partial charge in [0.15, 0.2) is 0 Å². The van der Waals surface area contributed by atoms with Crippen molar-refractivity contribution in [1.82, 2.24) is 4.31 Å². The van der Waals surface area contributed by atoms with Crippen LogP contribution in [0.1, 0.15) is 11.1 Å². The van der Waals surface area contributed by atoms with E-state index in [-0.39, 0.29) is 4.90 Å². The summed E-state index contributed by atoms with van der Waals surface area (Å²) in [5, 5.41) is 0. The summed E-state index contributed by atoms with van der Waals surface area (Å²) in [5.74, 6) is 0.929. The zero-order valence-electron chi connectivity index (χ0n) is 13.3. The van der Waals surface area contributed by atoms with Gasteiger partial charge in [-0.3, -0.25) is 4.21 Å². The van der Waals surface area contributed by atoms with Gasteiger partial charge in [-0.15, -0.1) is 0 Å². The number of hydrogen-bond donors (Lipinski definition) is 0. The van der Waals surface area contributed by atoms with E-state index in [2.05, 4.69) is 0 Å². The third kappa shape index (κ3) is 4.99. The molecule has 1 atom stereocenters. The van der Waals surface area contributed by atoms with Gasteiger partial charge >= 0.3 is 0 Å². The monoisotopic (exact) mass is 351 g/mol. The first-order valence-corrected chi connectivity index (χ1v) is 10.2. The summed E-state index contributed by atoms with van der Waals surface area (Å²) >= 11 is 0. The third-order valence-electron chi connectivity index (χ3n) is 3.47. The van der Waals surface area contributed by atoms with E-state index in [4.69, 9.17) is 0 Å². The van der Waals surface area contributed by atoms with Gasteiger partial charge in [0.05, 0.1) is 4.90 Å². The fourth-order valence-electron chi connectivity index (χ4n) is 2.14. The topological polar surface area (TPSA) is 54.5 Å². The van der Waals surface area contributed by atoms with Crippen LogP contribution in [0, 0.1) is 0 Å². The molecule has 6 heteroatoms. The van der Waals surface area contributed by atoms with Gasteiger partial charge in [0.2, 0.25) is 10.0 Å². The van der Waals surface area contributed by atoms with Crippen LogP contribution in [0.2, 0.25) is 0 Å². The van der Waals surface area contributed by atoms with Crippen LogP contribution in [-0.4, -0.2) is 36.8 Å². The summed E-state index contributed by atoms with van der Waals surface area (Å²) in [4.78, 5) is 0.236. The van der Waals surface area contributed by atoms with Crippen molar-refractivity contribution >= 4 is 20.8 Å². The summed E-state index contributed by atoms with van der Waals surface area (Å²) in [6, 6.07) is 16.6. The van der Waals surface area contributed by atoms with E-state index in [1.807, 2.05) is 36.4 Å². The second kappa shape index (κ2) is 7.86. The van der Waals surface area contributed by atoms with Crippen LogP contribution >= 0.6 is 0 Å². The maximum Gasteiger partial charge on any atom is 0.242 e. The van der Waals surface area contributed by atoms with Crippen LogP contribution in [0.4, 0.5) is 0 Å². The molecule has 0 N–H and O–H groups in total. The Balaban J connectivity index is 2.02. The standard InChI is InChI=1S/C17H21NO3S2/c1-18(2)23(20,21)17-10-6-9-16(13-17)14-22(19)12-11-15-7-4-3-5-8-15/h3-10,13H,11-12,14H2,1-2H3. The third-order valence-corrected chi connectivity index (χ3v) is 6.59. The Kier molecular flexibility index (Phi) is 6.10. The van der Waals surface area contributed by atoms with Gasteiger partial charge in [-0.05, 0) is 29.7 Å². The summed E-state index contributed by atoms with van der Waals surface area (Å²) in [6.45, 7) is 0. The molecule has 1 unspecified atom stereocenters. The van der Waals surface area contributed by atoms with Crippen molar-refractivity contribution in [3.05, 3.63) is 65.7 Å². The van der Waals surface area contributed by atoms with Crippen molar-refractivity contribution < 1.29 is 12.6 Å². The predicted octanol–water partition coefficient (Wildman–Crippen LogP) is 2.43. The molecule has 0 saturated carbocycles. The molecular formula is C17H21NO3S2. The van der Waals surface area contributed by atoms with Crippen LogP contribution in [0.25, 0.3) is 0 Å². The van der Waals surface area contributed by atoms with Gasteiger partial charge in [0.25, 0.3) is 0 Å². The Bertz CT molecular complexity index is 771. The van der Waals surface area contributed by atoms with E-state index in [0.717, 1.165) is 17.5 Å². The van der Waals surface area contributed by atoms with Crippen molar-refractivity contribution in [2.24, 2.45) is 0 Å². The lowest BCUT2D eigenvalue weighted by Gasteiger charge is -2.12. The van der Waals surface area contributed by atoms with Crippen molar-refractivity contribution in [3.8, 4) is 0 Å². The fraction of sp³-hybridized carbons (Fsp3) is 0.294. The molecule has 2 rings (SSSR count). The molecule has 2 aromatic carbocycles. The van der Waals surface area contributed by atoms with Crippen molar-refractivity contribution in [3.63, 3.8) is 0 Å². The van der Waals surface area contributed by atoms with Crippen LogP contribution in [0.15, 0.2) is 59.5 Å². The zero-order chi connectivity index (χ0) is 16.9. The molecule has 124 valence electrons. The van der Waals surface area contributed by atoms with Crippen molar-refractivity contribution in [2.45, 2.75) is 17.1 Å². The highest BCUT2D eigenvalue weighted by Gasteiger charge is 2.17. The molecule has 0 radical (unpaired) electrons.